The molecule has 4 heteroatoms. The zero-order valence-corrected chi connectivity index (χ0v) is 12.0. The fourth-order valence-corrected chi connectivity index (χ4v) is 2.15. The van der Waals surface area contributed by atoms with Crippen LogP contribution in [0.15, 0.2) is 36.4 Å². The van der Waals surface area contributed by atoms with Gasteiger partial charge in [-0.25, -0.2) is 0 Å². The maximum atomic E-state index is 9.54. The van der Waals surface area contributed by atoms with E-state index in [0.29, 0.717) is 27.6 Å². The molecule has 0 aliphatic carbocycles. The summed E-state index contributed by atoms with van der Waals surface area (Å²) in [6.45, 7) is 3.56. The van der Waals surface area contributed by atoms with E-state index < -0.39 is 6.10 Å². The number of aryl methyl sites for hydroxylation is 1. The Morgan fingerprint density at radius 3 is 2.60 bits per heavy atom. The van der Waals surface area contributed by atoms with Crippen LogP contribution in [0.4, 0.5) is 0 Å². The molecule has 1 atom stereocenters. The molecule has 2 aromatic carbocycles. The van der Waals surface area contributed by atoms with Gasteiger partial charge in [-0.15, -0.1) is 0 Å². The van der Waals surface area contributed by atoms with Gasteiger partial charge in [0.15, 0.2) is 0 Å². The highest BCUT2D eigenvalue weighted by atomic mass is 35.5. The van der Waals surface area contributed by atoms with E-state index >= 15 is 0 Å². The van der Waals surface area contributed by atoms with E-state index in [1.54, 1.807) is 37.3 Å². The summed E-state index contributed by atoms with van der Waals surface area (Å²) >= 11 is 6.10. The lowest BCUT2D eigenvalue weighted by Gasteiger charge is -2.12. The summed E-state index contributed by atoms with van der Waals surface area (Å²) in [6.07, 6.45) is -0.625. The first-order chi connectivity index (χ1) is 9.51. The molecule has 102 valence electrons. The van der Waals surface area contributed by atoms with Crippen molar-refractivity contribution in [3.8, 4) is 17.6 Å². The number of benzene rings is 2. The molecule has 2 rings (SSSR count). The van der Waals surface area contributed by atoms with Crippen molar-refractivity contribution in [2.45, 2.75) is 20.0 Å². The molecule has 3 nitrogen and oxygen atoms in total. The van der Waals surface area contributed by atoms with Crippen LogP contribution in [0, 0.1) is 18.3 Å². The highest BCUT2D eigenvalue weighted by molar-refractivity contribution is 6.31. The van der Waals surface area contributed by atoms with Gasteiger partial charge < -0.3 is 9.84 Å². The third-order valence-electron chi connectivity index (χ3n) is 2.97. The quantitative estimate of drug-likeness (QED) is 0.912. The summed E-state index contributed by atoms with van der Waals surface area (Å²) in [6, 6.07) is 12.5. The number of nitriles is 1. The molecule has 0 heterocycles. The van der Waals surface area contributed by atoms with Crippen molar-refractivity contribution in [3.63, 3.8) is 0 Å². The molecule has 0 fully saturated rings. The second-order valence-electron chi connectivity index (χ2n) is 4.55. The number of hydrogen-bond acceptors (Lipinski definition) is 3. The third-order valence-corrected chi connectivity index (χ3v) is 3.29. The van der Waals surface area contributed by atoms with Crippen LogP contribution in [0.25, 0.3) is 0 Å². The molecule has 1 N–H and O–H groups in total. The summed E-state index contributed by atoms with van der Waals surface area (Å²) in [4.78, 5) is 0. The molecule has 0 aliphatic heterocycles. The van der Waals surface area contributed by atoms with Gasteiger partial charge in [0.2, 0.25) is 0 Å². The molecule has 0 aliphatic rings. The molecular formula is C16H14ClNO2. The lowest BCUT2D eigenvalue weighted by atomic mass is 10.1. The topological polar surface area (TPSA) is 53.2 Å². The number of hydrogen-bond donors (Lipinski definition) is 1. The number of rotatable bonds is 3. The number of ether oxygens (including phenoxy) is 1. The van der Waals surface area contributed by atoms with Crippen molar-refractivity contribution in [1.29, 1.82) is 5.26 Å². The zero-order valence-electron chi connectivity index (χ0n) is 11.2. The van der Waals surface area contributed by atoms with Gasteiger partial charge in [-0.05, 0) is 49.2 Å². The molecular weight excluding hydrogens is 274 g/mol. The molecule has 0 bridgehead atoms. The molecule has 0 saturated heterocycles. The molecule has 0 amide bonds. The molecule has 20 heavy (non-hydrogen) atoms. The Morgan fingerprint density at radius 2 is 2.00 bits per heavy atom. The van der Waals surface area contributed by atoms with Crippen LogP contribution in [-0.2, 0) is 0 Å². The summed E-state index contributed by atoms with van der Waals surface area (Å²) in [5.41, 5.74) is 2.12. The molecule has 0 aromatic heterocycles. The Kier molecular flexibility index (Phi) is 4.29. The Balaban J connectivity index is 2.31. The van der Waals surface area contributed by atoms with Crippen LogP contribution in [0.1, 0.15) is 29.7 Å². The average Bonchev–Trinajstić information content (AvgIpc) is 2.41. The molecule has 0 radical (unpaired) electrons. The highest BCUT2D eigenvalue weighted by Gasteiger charge is 2.09. The van der Waals surface area contributed by atoms with Crippen LogP contribution in [0.2, 0.25) is 5.02 Å². The summed E-state index contributed by atoms with van der Waals surface area (Å²) in [5, 5.41) is 18.9. The van der Waals surface area contributed by atoms with Crippen molar-refractivity contribution in [1.82, 2.24) is 0 Å². The Morgan fingerprint density at radius 1 is 1.25 bits per heavy atom. The number of aliphatic hydroxyl groups is 1. The summed E-state index contributed by atoms with van der Waals surface area (Å²) in [7, 11) is 0. The van der Waals surface area contributed by atoms with Gasteiger partial charge in [0.25, 0.3) is 0 Å². The monoisotopic (exact) mass is 287 g/mol. The first-order valence-corrected chi connectivity index (χ1v) is 6.55. The smallest absolute Gasteiger partial charge is 0.131 e. The fourth-order valence-electron chi connectivity index (χ4n) is 1.82. The Bertz CT molecular complexity index is 675. The SMILES string of the molecule is Cc1ccc(C#N)cc1Oc1ccc(C(C)O)c(Cl)c1. The van der Waals surface area contributed by atoms with E-state index in [1.807, 2.05) is 13.0 Å². The van der Waals surface area contributed by atoms with E-state index in [1.165, 1.54) is 0 Å². The van der Waals surface area contributed by atoms with Crippen molar-refractivity contribution in [3.05, 3.63) is 58.1 Å². The second kappa shape index (κ2) is 5.96. The van der Waals surface area contributed by atoms with Gasteiger partial charge in [-0.3, -0.25) is 0 Å². The van der Waals surface area contributed by atoms with Gasteiger partial charge in [-0.1, -0.05) is 23.7 Å². The minimum absolute atomic E-state index is 0.451. The fraction of sp³-hybridized carbons (Fsp3) is 0.188. The van der Waals surface area contributed by atoms with E-state index in [2.05, 4.69) is 6.07 Å². The van der Waals surface area contributed by atoms with Gasteiger partial charge in [0.05, 0.1) is 22.8 Å². The molecule has 2 aromatic rings. The van der Waals surface area contributed by atoms with Crippen LogP contribution in [-0.4, -0.2) is 5.11 Å². The van der Waals surface area contributed by atoms with E-state index in [0.717, 1.165) is 5.56 Å². The highest BCUT2D eigenvalue weighted by Crippen LogP contribution is 2.31. The Labute approximate surface area is 123 Å². The zero-order chi connectivity index (χ0) is 14.7. The Hall–Kier alpha value is -2.02. The minimum Gasteiger partial charge on any atom is -0.457 e. The normalized spacial score (nSPS) is 11.8. The molecule has 0 saturated carbocycles. The largest absolute Gasteiger partial charge is 0.457 e. The summed E-state index contributed by atoms with van der Waals surface area (Å²) < 4.78 is 5.75. The van der Waals surface area contributed by atoms with Crippen molar-refractivity contribution >= 4 is 11.6 Å². The van der Waals surface area contributed by atoms with Gasteiger partial charge in [0.1, 0.15) is 11.5 Å². The van der Waals surface area contributed by atoms with Gasteiger partial charge in [0, 0.05) is 0 Å². The maximum Gasteiger partial charge on any atom is 0.131 e. The third kappa shape index (κ3) is 3.11. The van der Waals surface area contributed by atoms with E-state index in [-0.39, 0.29) is 0 Å². The standard InChI is InChI=1S/C16H14ClNO2/c1-10-3-4-12(9-18)7-16(10)20-13-5-6-14(11(2)19)15(17)8-13/h3-8,11,19H,1-2H3. The lowest BCUT2D eigenvalue weighted by Crippen LogP contribution is -1.94. The lowest BCUT2D eigenvalue weighted by molar-refractivity contribution is 0.199. The first kappa shape index (κ1) is 14.4. The van der Waals surface area contributed by atoms with Crippen LogP contribution in [0.5, 0.6) is 11.5 Å². The molecule has 1 unspecified atom stereocenters. The van der Waals surface area contributed by atoms with E-state index in [4.69, 9.17) is 21.6 Å². The maximum absolute atomic E-state index is 9.54. The van der Waals surface area contributed by atoms with Crippen molar-refractivity contribution < 1.29 is 9.84 Å². The van der Waals surface area contributed by atoms with Crippen molar-refractivity contribution in [2.24, 2.45) is 0 Å². The van der Waals surface area contributed by atoms with Crippen molar-refractivity contribution in [2.75, 3.05) is 0 Å². The van der Waals surface area contributed by atoms with Crippen LogP contribution in [0.3, 0.4) is 0 Å². The minimum atomic E-state index is -0.625. The second-order valence-corrected chi connectivity index (χ2v) is 4.96. The van der Waals surface area contributed by atoms with Gasteiger partial charge >= 0.3 is 0 Å². The predicted molar refractivity (Wildman–Crippen MR) is 78.1 cm³/mol. The summed E-state index contributed by atoms with van der Waals surface area (Å²) in [5.74, 6) is 1.18. The number of nitrogens with zero attached hydrogens (tertiary/aromatic N) is 1. The first-order valence-electron chi connectivity index (χ1n) is 6.17. The predicted octanol–water partition coefficient (Wildman–Crippen LogP) is 4.37. The van der Waals surface area contributed by atoms with Gasteiger partial charge in [-0.2, -0.15) is 5.26 Å². The van der Waals surface area contributed by atoms with E-state index in [9.17, 15) is 5.11 Å². The average molecular weight is 288 g/mol. The number of aliphatic hydroxyl groups excluding tert-OH is 1. The number of halogens is 1. The van der Waals surface area contributed by atoms with Crippen LogP contribution < -0.4 is 4.74 Å². The van der Waals surface area contributed by atoms with Crippen LogP contribution >= 0.6 is 11.6 Å². The molecule has 0 spiro atoms.